The van der Waals surface area contributed by atoms with Crippen molar-refractivity contribution in [2.24, 2.45) is 0 Å². The Balaban J connectivity index is 1.26. The predicted octanol–water partition coefficient (Wildman–Crippen LogP) is 12.0. The van der Waals surface area contributed by atoms with Gasteiger partial charge in [0.15, 0.2) is 0 Å². The van der Waals surface area contributed by atoms with Crippen LogP contribution in [0.25, 0.3) is 77.5 Å². The molecule has 0 saturated carbocycles. The van der Waals surface area contributed by atoms with Crippen molar-refractivity contribution in [2.45, 2.75) is 13.1 Å². The third-order valence-corrected chi connectivity index (χ3v) is 13.9. The Hall–Kier alpha value is -5.76. The van der Waals surface area contributed by atoms with Gasteiger partial charge in [-0.25, -0.2) is 0 Å². The van der Waals surface area contributed by atoms with Crippen molar-refractivity contribution in [3.05, 3.63) is 182 Å². The molecule has 0 aliphatic carbocycles. The van der Waals surface area contributed by atoms with Crippen LogP contribution in [0.4, 0.5) is 0 Å². The van der Waals surface area contributed by atoms with Crippen LogP contribution in [0.3, 0.4) is 0 Å². The summed E-state index contributed by atoms with van der Waals surface area (Å²) in [5.41, 5.74) is 15.3. The first kappa shape index (κ1) is 29.4. The van der Waals surface area contributed by atoms with E-state index in [4.69, 9.17) is 0 Å². The molecule has 1 heteroatoms. The minimum atomic E-state index is -2.03. The van der Waals surface area contributed by atoms with E-state index in [1.165, 1.54) is 82.7 Å². The Morgan fingerprint density at radius 2 is 0.694 bits per heavy atom. The molecule has 49 heavy (non-hydrogen) atoms. The SMILES string of the molecule is C[Si]1(C)c2cc3ccccc3cc2-c2cccc(-c3cc(-c4cccc(-c5ccccc5)c4)cc(-c4cccc(-c5ccccc5)c4)c3)c21. The van der Waals surface area contributed by atoms with Crippen LogP contribution >= 0.6 is 0 Å². The average Bonchev–Trinajstić information content (AvgIpc) is 3.39. The third kappa shape index (κ3) is 5.15. The zero-order valence-corrected chi connectivity index (χ0v) is 28.8. The van der Waals surface area contributed by atoms with Crippen molar-refractivity contribution in [1.29, 1.82) is 0 Å². The number of fused-ring (bicyclic) bond motifs is 4. The fourth-order valence-electron chi connectivity index (χ4n) is 7.94. The van der Waals surface area contributed by atoms with Crippen LogP contribution < -0.4 is 10.4 Å². The Bertz CT molecular complexity index is 2410. The van der Waals surface area contributed by atoms with E-state index in [0.29, 0.717) is 0 Å². The summed E-state index contributed by atoms with van der Waals surface area (Å²) in [4.78, 5) is 0. The van der Waals surface area contributed by atoms with E-state index in [1.54, 1.807) is 5.19 Å². The van der Waals surface area contributed by atoms with Gasteiger partial charge >= 0.3 is 0 Å². The summed E-state index contributed by atoms with van der Waals surface area (Å²) in [6.45, 7) is 5.07. The quantitative estimate of drug-likeness (QED) is 0.164. The Morgan fingerprint density at radius 1 is 0.286 bits per heavy atom. The molecule has 0 bridgehead atoms. The summed E-state index contributed by atoms with van der Waals surface area (Å²) in [5, 5.41) is 5.72. The standard InChI is InChI=1S/C48H36Si/c1-49(2)47-32-40-19-10-9-18-39(40)31-46(47)45-25-13-24-44(48(45)49)43-29-41(37-22-11-20-35(26-37)33-14-5-3-6-15-33)28-42(30-43)38-23-12-21-36(27-38)34-16-7-4-8-17-34/h3-32H,1-2H3. The van der Waals surface area contributed by atoms with Gasteiger partial charge in [0.2, 0.25) is 0 Å². The van der Waals surface area contributed by atoms with Gasteiger partial charge in [-0.15, -0.1) is 0 Å². The molecule has 0 aromatic heterocycles. The van der Waals surface area contributed by atoms with Gasteiger partial charge in [0.1, 0.15) is 8.07 Å². The lowest BCUT2D eigenvalue weighted by Crippen LogP contribution is -2.50. The summed E-state index contributed by atoms with van der Waals surface area (Å²) in [5.74, 6) is 0. The van der Waals surface area contributed by atoms with Gasteiger partial charge in [0.25, 0.3) is 0 Å². The Kier molecular flexibility index (Phi) is 7.04. The summed E-state index contributed by atoms with van der Waals surface area (Å²) in [6, 6.07) is 67.3. The maximum Gasteiger partial charge on any atom is 0.114 e. The normalized spacial score (nSPS) is 12.9. The van der Waals surface area contributed by atoms with Gasteiger partial charge in [-0.05, 0) is 124 Å². The molecule has 232 valence electrons. The lowest BCUT2D eigenvalue weighted by molar-refractivity contribution is 1.55. The van der Waals surface area contributed by atoms with E-state index < -0.39 is 8.07 Å². The minimum absolute atomic E-state index is 1.22. The second kappa shape index (κ2) is 11.7. The van der Waals surface area contributed by atoms with Gasteiger partial charge in [-0.1, -0.05) is 159 Å². The molecule has 9 rings (SSSR count). The first-order valence-corrected chi connectivity index (χ1v) is 20.2. The van der Waals surface area contributed by atoms with Crippen LogP contribution in [0.2, 0.25) is 13.1 Å². The molecule has 0 fully saturated rings. The summed E-state index contributed by atoms with van der Waals surface area (Å²) >= 11 is 0. The first-order chi connectivity index (χ1) is 24.0. The van der Waals surface area contributed by atoms with Crippen molar-refractivity contribution < 1.29 is 0 Å². The second-order valence-corrected chi connectivity index (χ2v) is 18.1. The molecule has 8 aromatic rings. The molecule has 0 amide bonds. The molecule has 0 saturated heterocycles. The highest BCUT2D eigenvalue weighted by atomic mass is 28.3. The topological polar surface area (TPSA) is 0 Å². The maximum absolute atomic E-state index is 2.54. The van der Waals surface area contributed by atoms with Gasteiger partial charge in [0, 0.05) is 0 Å². The molecule has 0 nitrogen and oxygen atoms in total. The lowest BCUT2D eigenvalue weighted by atomic mass is 9.90. The van der Waals surface area contributed by atoms with E-state index in [2.05, 4.69) is 195 Å². The molecule has 0 unspecified atom stereocenters. The van der Waals surface area contributed by atoms with Crippen LogP contribution in [0.15, 0.2) is 182 Å². The first-order valence-electron chi connectivity index (χ1n) is 17.2. The van der Waals surface area contributed by atoms with Crippen molar-refractivity contribution >= 4 is 29.2 Å². The highest BCUT2D eigenvalue weighted by Gasteiger charge is 2.39. The minimum Gasteiger partial charge on any atom is -0.0622 e. The maximum atomic E-state index is 2.54. The van der Waals surface area contributed by atoms with Crippen molar-refractivity contribution in [1.82, 2.24) is 0 Å². The number of hydrogen-bond acceptors (Lipinski definition) is 0. The van der Waals surface area contributed by atoms with Gasteiger partial charge < -0.3 is 0 Å². The predicted molar refractivity (Wildman–Crippen MR) is 213 cm³/mol. The highest BCUT2D eigenvalue weighted by Crippen LogP contribution is 2.39. The van der Waals surface area contributed by atoms with Crippen LogP contribution in [0.1, 0.15) is 0 Å². The fraction of sp³-hybridized carbons (Fsp3) is 0.0417. The smallest absolute Gasteiger partial charge is 0.0622 e. The largest absolute Gasteiger partial charge is 0.114 e. The molecule has 1 heterocycles. The zero-order chi connectivity index (χ0) is 33.0. The molecular formula is C48H36Si. The lowest BCUT2D eigenvalue weighted by Gasteiger charge is -2.23. The molecule has 0 atom stereocenters. The van der Waals surface area contributed by atoms with Crippen molar-refractivity contribution in [3.63, 3.8) is 0 Å². The van der Waals surface area contributed by atoms with Gasteiger partial charge in [-0.3, -0.25) is 0 Å². The van der Waals surface area contributed by atoms with Gasteiger partial charge in [-0.2, -0.15) is 0 Å². The van der Waals surface area contributed by atoms with E-state index in [1.807, 2.05) is 0 Å². The molecule has 1 aliphatic heterocycles. The molecule has 8 aromatic carbocycles. The molecule has 0 spiro atoms. The van der Waals surface area contributed by atoms with Crippen molar-refractivity contribution in [3.8, 4) is 66.8 Å². The van der Waals surface area contributed by atoms with E-state index in [-0.39, 0.29) is 0 Å². The van der Waals surface area contributed by atoms with Crippen LogP contribution in [0.5, 0.6) is 0 Å². The molecule has 0 N–H and O–H groups in total. The molecular weight excluding hydrogens is 605 g/mol. The third-order valence-electron chi connectivity index (χ3n) is 10.4. The summed E-state index contributed by atoms with van der Waals surface area (Å²) in [7, 11) is -2.03. The summed E-state index contributed by atoms with van der Waals surface area (Å²) in [6.07, 6.45) is 0. The average molecular weight is 641 g/mol. The molecule has 0 radical (unpaired) electrons. The van der Waals surface area contributed by atoms with Crippen LogP contribution in [-0.4, -0.2) is 8.07 Å². The Morgan fingerprint density at radius 3 is 1.27 bits per heavy atom. The highest BCUT2D eigenvalue weighted by molar-refractivity contribution is 7.04. The zero-order valence-electron chi connectivity index (χ0n) is 27.8. The fourth-order valence-corrected chi connectivity index (χ4v) is 11.4. The number of hydrogen-bond donors (Lipinski definition) is 0. The summed E-state index contributed by atoms with van der Waals surface area (Å²) < 4.78 is 0. The number of rotatable bonds is 5. The van der Waals surface area contributed by atoms with E-state index >= 15 is 0 Å². The molecule has 1 aliphatic rings. The Labute approximate surface area is 290 Å². The second-order valence-electron chi connectivity index (χ2n) is 13.8. The number of benzene rings is 8. The van der Waals surface area contributed by atoms with Crippen LogP contribution in [-0.2, 0) is 0 Å². The van der Waals surface area contributed by atoms with E-state index in [9.17, 15) is 0 Å². The van der Waals surface area contributed by atoms with Crippen LogP contribution in [0, 0.1) is 0 Å². The van der Waals surface area contributed by atoms with Crippen molar-refractivity contribution in [2.75, 3.05) is 0 Å². The van der Waals surface area contributed by atoms with Gasteiger partial charge in [0.05, 0.1) is 0 Å². The monoisotopic (exact) mass is 640 g/mol. The van der Waals surface area contributed by atoms with E-state index in [0.717, 1.165) is 0 Å².